The van der Waals surface area contributed by atoms with Crippen LogP contribution in [0.1, 0.15) is 37.5 Å². The van der Waals surface area contributed by atoms with Crippen LogP contribution in [0.25, 0.3) is 22.8 Å². The standard InChI is InChI=1S/C26H25F3N4O4/c1-25(2,3)36-24(34)33-10-8-16-4-5-18(12-17(16)9-11-33)22-31-23(37-32-22)19-6-7-21(20(13-19)14-30)35-15-26(27,28)29/h4-7,12-13H,8-11,15H2,1-3H3. The van der Waals surface area contributed by atoms with E-state index in [1.165, 1.54) is 18.2 Å². The zero-order valence-electron chi connectivity index (χ0n) is 20.6. The number of aromatic nitrogens is 2. The molecule has 0 radical (unpaired) electrons. The van der Waals surface area contributed by atoms with Crippen LogP contribution in [0.4, 0.5) is 18.0 Å². The SMILES string of the molecule is CC(C)(C)OC(=O)N1CCc2ccc(-c3noc(-c4ccc(OCC(F)(F)F)c(C#N)c4)n3)cc2CC1. The van der Waals surface area contributed by atoms with Gasteiger partial charge < -0.3 is 18.9 Å². The first-order valence-electron chi connectivity index (χ1n) is 11.6. The van der Waals surface area contributed by atoms with Gasteiger partial charge in [-0.3, -0.25) is 0 Å². The first-order chi connectivity index (χ1) is 17.4. The predicted molar refractivity (Wildman–Crippen MR) is 127 cm³/mol. The minimum absolute atomic E-state index is 0.0823. The molecule has 0 aliphatic carbocycles. The molecule has 194 valence electrons. The number of carbonyl (C=O) groups excluding carboxylic acids is 1. The molecule has 0 atom stereocenters. The summed E-state index contributed by atoms with van der Waals surface area (Å²) >= 11 is 0. The summed E-state index contributed by atoms with van der Waals surface area (Å²) in [5.74, 6) is 0.247. The van der Waals surface area contributed by atoms with Gasteiger partial charge in [0.2, 0.25) is 5.82 Å². The third kappa shape index (κ3) is 6.58. The molecule has 1 aromatic heterocycles. The van der Waals surface area contributed by atoms with Gasteiger partial charge in [0.15, 0.2) is 6.61 Å². The lowest BCUT2D eigenvalue weighted by Gasteiger charge is -2.26. The van der Waals surface area contributed by atoms with Crippen LogP contribution in [0.5, 0.6) is 5.75 Å². The number of ether oxygens (including phenoxy) is 2. The second kappa shape index (κ2) is 10.1. The van der Waals surface area contributed by atoms with Crippen molar-refractivity contribution < 1.29 is 32.0 Å². The third-order valence-electron chi connectivity index (χ3n) is 5.58. The minimum atomic E-state index is -4.52. The lowest BCUT2D eigenvalue weighted by molar-refractivity contribution is -0.153. The van der Waals surface area contributed by atoms with E-state index >= 15 is 0 Å². The number of nitriles is 1. The number of fused-ring (bicyclic) bond motifs is 1. The molecule has 1 aliphatic heterocycles. The van der Waals surface area contributed by atoms with Crippen LogP contribution in [0, 0.1) is 11.3 Å². The van der Waals surface area contributed by atoms with Gasteiger partial charge in [-0.15, -0.1) is 0 Å². The first kappa shape index (κ1) is 26.0. The summed E-state index contributed by atoms with van der Waals surface area (Å²) in [6, 6.07) is 11.7. The van der Waals surface area contributed by atoms with Crippen LogP contribution < -0.4 is 4.74 Å². The number of rotatable bonds is 4. The predicted octanol–water partition coefficient (Wildman–Crippen LogP) is 5.55. The van der Waals surface area contributed by atoms with Crippen molar-refractivity contribution in [3.63, 3.8) is 0 Å². The molecule has 4 rings (SSSR count). The quantitative estimate of drug-likeness (QED) is 0.450. The normalized spacial score (nSPS) is 13.9. The van der Waals surface area contributed by atoms with Gasteiger partial charge in [-0.25, -0.2) is 4.79 Å². The van der Waals surface area contributed by atoms with Gasteiger partial charge in [0.25, 0.3) is 5.89 Å². The number of amides is 1. The van der Waals surface area contributed by atoms with Crippen molar-refractivity contribution in [1.82, 2.24) is 15.0 Å². The summed E-state index contributed by atoms with van der Waals surface area (Å²) < 4.78 is 53.0. The molecule has 0 saturated carbocycles. The van der Waals surface area contributed by atoms with E-state index in [2.05, 4.69) is 10.1 Å². The maximum atomic E-state index is 12.5. The molecule has 3 aromatic rings. The number of carbonyl (C=O) groups is 1. The molecular formula is C26H25F3N4O4. The van der Waals surface area contributed by atoms with Crippen LogP contribution in [0.3, 0.4) is 0 Å². The molecular weight excluding hydrogens is 489 g/mol. The molecule has 37 heavy (non-hydrogen) atoms. The molecule has 0 saturated heterocycles. The average Bonchev–Trinajstić information content (AvgIpc) is 3.22. The largest absolute Gasteiger partial charge is 0.483 e. The van der Waals surface area contributed by atoms with Crippen molar-refractivity contribution in [2.75, 3.05) is 19.7 Å². The van der Waals surface area contributed by atoms with Crippen LogP contribution in [-0.2, 0) is 17.6 Å². The van der Waals surface area contributed by atoms with Crippen LogP contribution in [0.2, 0.25) is 0 Å². The number of hydrogen-bond donors (Lipinski definition) is 0. The van der Waals surface area contributed by atoms with E-state index in [1.807, 2.05) is 45.0 Å². The van der Waals surface area contributed by atoms with E-state index in [4.69, 9.17) is 14.0 Å². The van der Waals surface area contributed by atoms with E-state index < -0.39 is 18.4 Å². The van der Waals surface area contributed by atoms with Crippen molar-refractivity contribution in [3.8, 4) is 34.7 Å². The fourth-order valence-corrected chi connectivity index (χ4v) is 3.87. The van der Waals surface area contributed by atoms with Gasteiger partial charge in [-0.1, -0.05) is 17.3 Å². The lowest BCUT2D eigenvalue weighted by atomic mass is 10.00. The van der Waals surface area contributed by atoms with E-state index in [1.54, 1.807) is 4.90 Å². The van der Waals surface area contributed by atoms with Crippen molar-refractivity contribution in [1.29, 1.82) is 5.26 Å². The second-order valence-corrected chi connectivity index (χ2v) is 9.60. The Morgan fingerprint density at radius 3 is 2.46 bits per heavy atom. The molecule has 1 amide bonds. The molecule has 0 N–H and O–H groups in total. The highest BCUT2D eigenvalue weighted by Gasteiger charge is 2.29. The summed E-state index contributed by atoms with van der Waals surface area (Å²) in [4.78, 5) is 18.6. The van der Waals surface area contributed by atoms with Gasteiger partial charge in [-0.05, 0) is 69.0 Å². The monoisotopic (exact) mass is 514 g/mol. The molecule has 0 spiro atoms. The molecule has 8 nitrogen and oxygen atoms in total. The Hall–Kier alpha value is -4.07. The molecule has 2 aromatic carbocycles. The summed E-state index contributed by atoms with van der Waals surface area (Å²) in [6.45, 7) is 5.07. The summed E-state index contributed by atoms with van der Waals surface area (Å²) in [7, 11) is 0. The average molecular weight is 515 g/mol. The Morgan fingerprint density at radius 2 is 1.78 bits per heavy atom. The number of nitrogens with zero attached hydrogens (tertiary/aromatic N) is 4. The van der Waals surface area contributed by atoms with Gasteiger partial charge in [-0.2, -0.15) is 23.4 Å². The van der Waals surface area contributed by atoms with Gasteiger partial charge >= 0.3 is 12.3 Å². The van der Waals surface area contributed by atoms with E-state index in [-0.39, 0.29) is 23.3 Å². The number of benzene rings is 2. The molecule has 0 fully saturated rings. The smallest absolute Gasteiger partial charge is 0.422 e. The highest BCUT2D eigenvalue weighted by atomic mass is 19.4. The number of halogens is 3. The Labute approximate surface area is 211 Å². The molecule has 2 heterocycles. The zero-order valence-corrected chi connectivity index (χ0v) is 20.6. The number of alkyl halides is 3. The van der Waals surface area contributed by atoms with Gasteiger partial charge in [0.05, 0.1) is 5.56 Å². The Balaban J connectivity index is 1.50. The van der Waals surface area contributed by atoms with E-state index in [0.717, 1.165) is 11.1 Å². The van der Waals surface area contributed by atoms with E-state index in [0.29, 0.717) is 42.9 Å². The molecule has 0 bridgehead atoms. The minimum Gasteiger partial charge on any atom is -0.483 e. The van der Waals surface area contributed by atoms with Crippen LogP contribution in [-0.4, -0.2) is 52.6 Å². The van der Waals surface area contributed by atoms with Crippen LogP contribution in [0.15, 0.2) is 40.9 Å². The molecule has 11 heteroatoms. The van der Waals surface area contributed by atoms with Gasteiger partial charge in [0, 0.05) is 24.2 Å². The summed E-state index contributed by atoms with van der Waals surface area (Å²) in [6.07, 6.45) is -3.53. The van der Waals surface area contributed by atoms with Crippen molar-refractivity contribution in [2.45, 2.75) is 45.4 Å². The zero-order chi connectivity index (χ0) is 26.8. The Kier molecular flexibility index (Phi) is 7.12. The fourth-order valence-electron chi connectivity index (χ4n) is 3.87. The topological polar surface area (TPSA) is 101 Å². The highest BCUT2D eigenvalue weighted by Crippen LogP contribution is 2.29. The second-order valence-electron chi connectivity index (χ2n) is 9.60. The summed E-state index contributed by atoms with van der Waals surface area (Å²) in [5.41, 5.74) is 2.62. The Morgan fingerprint density at radius 1 is 1.08 bits per heavy atom. The molecule has 1 aliphatic rings. The fraction of sp³-hybridized carbons (Fsp3) is 0.385. The maximum Gasteiger partial charge on any atom is 0.422 e. The molecule has 0 unspecified atom stereocenters. The van der Waals surface area contributed by atoms with Crippen molar-refractivity contribution >= 4 is 6.09 Å². The van der Waals surface area contributed by atoms with Crippen molar-refractivity contribution in [3.05, 3.63) is 53.1 Å². The van der Waals surface area contributed by atoms with Crippen LogP contribution >= 0.6 is 0 Å². The van der Waals surface area contributed by atoms with E-state index in [9.17, 15) is 23.2 Å². The van der Waals surface area contributed by atoms with Crippen molar-refractivity contribution in [2.24, 2.45) is 0 Å². The van der Waals surface area contributed by atoms with Gasteiger partial charge in [0.1, 0.15) is 17.4 Å². The lowest BCUT2D eigenvalue weighted by Crippen LogP contribution is -2.38. The third-order valence-corrected chi connectivity index (χ3v) is 5.58. The first-order valence-corrected chi connectivity index (χ1v) is 11.6. The number of hydrogen-bond acceptors (Lipinski definition) is 7. The maximum absolute atomic E-state index is 12.5. The summed E-state index contributed by atoms with van der Waals surface area (Å²) in [5, 5.41) is 13.4. The Bertz CT molecular complexity index is 1340. The highest BCUT2D eigenvalue weighted by molar-refractivity contribution is 5.68.